The van der Waals surface area contributed by atoms with Crippen molar-refractivity contribution in [3.05, 3.63) is 28.0 Å². The summed E-state index contributed by atoms with van der Waals surface area (Å²) in [7, 11) is 3.79. The van der Waals surface area contributed by atoms with Gasteiger partial charge in [-0.05, 0) is 37.5 Å². The van der Waals surface area contributed by atoms with E-state index in [4.69, 9.17) is 28.6 Å². The summed E-state index contributed by atoms with van der Waals surface area (Å²) in [5.41, 5.74) is 2.08. The molecule has 0 aliphatic carbocycles. The van der Waals surface area contributed by atoms with Gasteiger partial charge in [-0.15, -0.1) is 0 Å². The molecule has 1 aromatic heterocycles. The van der Waals surface area contributed by atoms with Gasteiger partial charge in [0.1, 0.15) is 0 Å². The van der Waals surface area contributed by atoms with Gasteiger partial charge in [0.25, 0.3) is 0 Å². The smallest absolute Gasteiger partial charge is 0.178 e. The Morgan fingerprint density at radius 3 is 2.95 bits per heavy atom. The molecule has 0 saturated heterocycles. The first-order valence-electron chi connectivity index (χ1n) is 6.17. The first-order valence-corrected chi connectivity index (χ1v) is 6.96. The molecule has 19 heavy (non-hydrogen) atoms. The topological polar surface area (TPSA) is 33.2 Å². The van der Waals surface area contributed by atoms with Crippen molar-refractivity contribution in [1.82, 2.24) is 14.5 Å². The molecule has 104 valence electrons. The highest BCUT2D eigenvalue weighted by Gasteiger charge is 2.06. The summed E-state index contributed by atoms with van der Waals surface area (Å²) in [5, 5.41) is 0.725. The predicted molar refractivity (Wildman–Crippen MR) is 81.5 cm³/mol. The molecule has 1 heterocycles. The zero-order valence-electron chi connectivity index (χ0n) is 11.1. The molecule has 0 saturated carbocycles. The van der Waals surface area contributed by atoms with E-state index in [2.05, 4.69) is 21.5 Å². The number of halogens is 1. The summed E-state index contributed by atoms with van der Waals surface area (Å²) < 4.78 is 7.88. The van der Waals surface area contributed by atoms with Gasteiger partial charge < -0.3 is 19.2 Å². The molecule has 0 atom stereocenters. The first-order chi connectivity index (χ1) is 9.11. The van der Waals surface area contributed by atoms with Crippen LogP contribution in [0.5, 0.6) is 0 Å². The molecule has 0 amide bonds. The van der Waals surface area contributed by atoms with Crippen LogP contribution in [-0.4, -0.2) is 48.3 Å². The molecule has 6 heteroatoms. The third kappa shape index (κ3) is 3.57. The van der Waals surface area contributed by atoms with E-state index >= 15 is 0 Å². The minimum Gasteiger partial charge on any atom is -0.383 e. The summed E-state index contributed by atoms with van der Waals surface area (Å²) in [6, 6.07) is 5.77. The van der Waals surface area contributed by atoms with E-state index in [1.807, 2.05) is 18.2 Å². The first kappa shape index (κ1) is 14.5. The van der Waals surface area contributed by atoms with Crippen molar-refractivity contribution in [1.29, 1.82) is 0 Å². The van der Waals surface area contributed by atoms with E-state index in [0.29, 0.717) is 0 Å². The number of H-pyrrole nitrogens is 1. The van der Waals surface area contributed by atoms with E-state index in [-0.39, 0.29) is 0 Å². The lowest BCUT2D eigenvalue weighted by Crippen LogP contribution is -2.26. The van der Waals surface area contributed by atoms with Gasteiger partial charge in [-0.25, -0.2) is 0 Å². The molecule has 0 bridgehead atoms. The van der Waals surface area contributed by atoms with Crippen LogP contribution >= 0.6 is 23.8 Å². The van der Waals surface area contributed by atoms with Gasteiger partial charge >= 0.3 is 0 Å². The van der Waals surface area contributed by atoms with Crippen molar-refractivity contribution in [2.75, 3.05) is 33.9 Å². The number of hydrogen-bond acceptors (Lipinski definition) is 3. The number of nitrogens with one attached hydrogen (secondary N) is 1. The molecule has 0 radical (unpaired) electrons. The SMILES string of the molecule is COCCN(C)CCn1c(=S)[nH]c2ccc(Cl)cc21. The largest absolute Gasteiger partial charge is 0.383 e. The number of imidazole rings is 1. The third-order valence-corrected chi connectivity index (χ3v) is 3.68. The summed E-state index contributed by atoms with van der Waals surface area (Å²) in [6.45, 7) is 3.39. The summed E-state index contributed by atoms with van der Waals surface area (Å²) in [5.74, 6) is 0. The molecular weight excluding hydrogens is 282 g/mol. The van der Waals surface area contributed by atoms with Crippen molar-refractivity contribution >= 4 is 34.9 Å². The Morgan fingerprint density at radius 1 is 1.42 bits per heavy atom. The van der Waals surface area contributed by atoms with E-state index < -0.39 is 0 Å². The fourth-order valence-electron chi connectivity index (χ4n) is 1.98. The van der Waals surface area contributed by atoms with Crippen LogP contribution < -0.4 is 0 Å². The number of aromatic amines is 1. The number of nitrogens with zero attached hydrogens (tertiary/aromatic N) is 2. The zero-order chi connectivity index (χ0) is 13.8. The Balaban J connectivity index is 2.14. The average Bonchev–Trinajstić information content (AvgIpc) is 2.69. The van der Waals surface area contributed by atoms with Crippen LogP contribution in [0.2, 0.25) is 5.02 Å². The standard InChI is InChI=1S/C13H18ClN3OS/c1-16(7-8-18-2)5-6-17-12-9-10(14)3-4-11(12)15-13(17)19/h3-4,9H,5-8H2,1-2H3,(H,15,19). The second-order valence-corrected chi connectivity index (χ2v) is 5.36. The predicted octanol–water partition coefficient (Wildman–Crippen LogP) is 2.93. The van der Waals surface area contributed by atoms with Gasteiger partial charge in [0.05, 0.1) is 17.6 Å². The number of rotatable bonds is 6. The van der Waals surface area contributed by atoms with Gasteiger partial charge in [-0.2, -0.15) is 0 Å². The third-order valence-electron chi connectivity index (χ3n) is 3.12. The Morgan fingerprint density at radius 2 is 2.21 bits per heavy atom. The molecule has 2 aromatic rings. The van der Waals surface area contributed by atoms with Crippen LogP contribution in [0.1, 0.15) is 0 Å². The number of likely N-dealkylation sites (N-methyl/N-ethyl adjacent to an activating group) is 1. The van der Waals surface area contributed by atoms with Gasteiger partial charge in [0, 0.05) is 31.8 Å². The summed E-state index contributed by atoms with van der Waals surface area (Å²) >= 11 is 11.4. The lowest BCUT2D eigenvalue weighted by atomic mass is 10.3. The Bertz CT molecular complexity index is 607. The van der Waals surface area contributed by atoms with Crippen LogP contribution in [0.15, 0.2) is 18.2 Å². The molecule has 0 aliphatic heterocycles. The molecule has 2 rings (SSSR count). The minimum atomic E-state index is 0.725. The molecule has 0 spiro atoms. The number of benzene rings is 1. The number of methoxy groups -OCH3 is 1. The normalized spacial score (nSPS) is 11.6. The second kappa shape index (κ2) is 6.52. The van der Waals surface area contributed by atoms with Crippen LogP contribution in [0.3, 0.4) is 0 Å². The van der Waals surface area contributed by atoms with Gasteiger partial charge in [-0.3, -0.25) is 0 Å². The molecule has 4 nitrogen and oxygen atoms in total. The lowest BCUT2D eigenvalue weighted by molar-refractivity contribution is 0.159. The molecule has 1 aromatic carbocycles. The van der Waals surface area contributed by atoms with Crippen molar-refractivity contribution < 1.29 is 4.74 Å². The van der Waals surface area contributed by atoms with Crippen LogP contribution in [0, 0.1) is 4.77 Å². The van der Waals surface area contributed by atoms with E-state index in [1.165, 1.54) is 0 Å². The van der Waals surface area contributed by atoms with Crippen molar-refractivity contribution in [3.63, 3.8) is 0 Å². The van der Waals surface area contributed by atoms with Gasteiger partial charge in [-0.1, -0.05) is 11.6 Å². The molecular formula is C13H18ClN3OS. The van der Waals surface area contributed by atoms with Crippen LogP contribution in [0.4, 0.5) is 0 Å². The fraction of sp³-hybridized carbons (Fsp3) is 0.462. The number of fused-ring (bicyclic) bond motifs is 1. The molecule has 1 N–H and O–H groups in total. The second-order valence-electron chi connectivity index (χ2n) is 4.54. The lowest BCUT2D eigenvalue weighted by Gasteiger charge is -2.16. The Kier molecular flexibility index (Phi) is 4.99. The molecule has 0 fully saturated rings. The van der Waals surface area contributed by atoms with Crippen molar-refractivity contribution in [3.8, 4) is 0 Å². The van der Waals surface area contributed by atoms with E-state index in [9.17, 15) is 0 Å². The van der Waals surface area contributed by atoms with Crippen molar-refractivity contribution in [2.24, 2.45) is 0 Å². The molecule has 0 unspecified atom stereocenters. The average molecular weight is 300 g/mol. The number of aromatic nitrogens is 2. The van der Waals surface area contributed by atoms with Crippen LogP contribution in [-0.2, 0) is 11.3 Å². The monoisotopic (exact) mass is 299 g/mol. The maximum Gasteiger partial charge on any atom is 0.178 e. The van der Waals surface area contributed by atoms with Gasteiger partial charge in [0.2, 0.25) is 0 Å². The van der Waals surface area contributed by atoms with Crippen molar-refractivity contribution in [2.45, 2.75) is 6.54 Å². The zero-order valence-corrected chi connectivity index (χ0v) is 12.7. The maximum absolute atomic E-state index is 6.04. The highest BCUT2D eigenvalue weighted by Crippen LogP contribution is 2.19. The quantitative estimate of drug-likeness (QED) is 0.833. The highest BCUT2D eigenvalue weighted by atomic mass is 35.5. The van der Waals surface area contributed by atoms with Gasteiger partial charge in [0.15, 0.2) is 4.77 Å². The summed E-state index contributed by atoms with van der Waals surface area (Å²) in [6.07, 6.45) is 0. The Hall–Kier alpha value is -0.880. The minimum absolute atomic E-state index is 0.725. The van der Waals surface area contributed by atoms with E-state index in [0.717, 1.165) is 47.1 Å². The Labute approximate surface area is 122 Å². The van der Waals surface area contributed by atoms with Crippen LogP contribution in [0.25, 0.3) is 11.0 Å². The highest BCUT2D eigenvalue weighted by molar-refractivity contribution is 7.71. The number of hydrogen-bond donors (Lipinski definition) is 1. The van der Waals surface area contributed by atoms with E-state index in [1.54, 1.807) is 7.11 Å². The maximum atomic E-state index is 6.04. The molecule has 0 aliphatic rings. The summed E-state index contributed by atoms with van der Waals surface area (Å²) in [4.78, 5) is 5.41. The number of ether oxygens (including phenoxy) is 1. The fourth-order valence-corrected chi connectivity index (χ4v) is 2.44.